The molecule has 1 aromatic rings. The molecular formula is C15H19F3N2. The summed E-state index contributed by atoms with van der Waals surface area (Å²) in [4.78, 5) is 1.96. The molecule has 0 aliphatic carbocycles. The second kappa shape index (κ2) is 5.87. The van der Waals surface area contributed by atoms with E-state index in [1.807, 2.05) is 36.1 Å². The van der Waals surface area contributed by atoms with Crippen LogP contribution in [0, 0.1) is 0 Å². The van der Waals surface area contributed by atoms with Gasteiger partial charge in [-0.2, -0.15) is 13.2 Å². The van der Waals surface area contributed by atoms with Gasteiger partial charge in [-0.15, -0.1) is 0 Å². The third-order valence-corrected chi connectivity index (χ3v) is 3.69. The Bertz CT molecular complexity index is 494. The van der Waals surface area contributed by atoms with Crippen LogP contribution in [0.3, 0.4) is 0 Å². The van der Waals surface area contributed by atoms with Crippen LogP contribution < -0.4 is 10.6 Å². The predicted octanol–water partition coefficient (Wildman–Crippen LogP) is 3.80. The molecule has 0 fully saturated rings. The third kappa shape index (κ3) is 3.15. The Morgan fingerprint density at radius 3 is 2.55 bits per heavy atom. The average Bonchev–Trinajstić information content (AvgIpc) is 2.45. The van der Waals surface area contributed by atoms with Gasteiger partial charge >= 0.3 is 6.18 Å². The van der Waals surface area contributed by atoms with Gasteiger partial charge in [-0.1, -0.05) is 31.2 Å². The van der Waals surface area contributed by atoms with Gasteiger partial charge in [0.05, 0.1) is 0 Å². The largest absolute Gasteiger partial charge is 0.412 e. The van der Waals surface area contributed by atoms with E-state index in [2.05, 4.69) is 0 Å². The zero-order valence-corrected chi connectivity index (χ0v) is 11.5. The molecule has 0 bridgehead atoms. The van der Waals surface area contributed by atoms with Crippen molar-refractivity contribution in [2.45, 2.75) is 32.0 Å². The summed E-state index contributed by atoms with van der Waals surface area (Å²) in [6.07, 6.45) is -2.10. The zero-order valence-electron chi connectivity index (χ0n) is 11.5. The number of para-hydroxylation sites is 1. The lowest BCUT2D eigenvalue weighted by atomic mass is 10.0. The van der Waals surface area contributed by atoms with E-state index in [0.29, 0.717) is 6.54 Å². The fourth-order valence-corrected chi connectivity index (χ4v) is 2.45. The lowest BCUT2D eigenvalue weighted by Crippen LogP contribution is -2.33. The van der Waals surface area contributed by atoms with Crippen molar-refractivity contribution in [2.75, 3.05) is 18.0 Å². The SMILES string of the molecule is CC[C@@H](N)c1ccccc1N1CC=C(C(F)(F)F)CC1. The fourth-order valence-electron chi connectivity index (χ4n) is 2.45. The van der Waals surface area contributed by atoms with Gasteiger partial charge < -0.3 is 10.6 Å². The highest BCUT2D eigenvalue weighted by Gasteiger charge is 2.35. The molecule has 0 spiro atoms. The van der Waals surface area contributed by atoms with Crippen molar-refractivity contribution in [2.24, 2.45) is 5.73 Å². The van der Waals surface area contributed by atoms with Crippen LogP contribution in [0.15, 0.2) is 35.9 Å². The highest BCUT2D eigenvalue weighted by molar-refractivity contribution is 5.56. The third-order valence-electron chi connectivity index (χ3n) is 3.69. The van der Waals surface area contributed by atoms with E-state index >= 15 is 0 Å². The first-order valence-corrected chi connectivity index (χ1v) is 6.79. The molecule has 1 aliphatic heterocycles. The van der Waals surface area contributed by atoms with Gasteiger partial charge in [0.2, 0.25) is 0 Å². The molecule has 20 heavy (non-hydrogen) atoms. The van der Waals surface area contributed by atoms with E-state index in [9.17, 15) is 13.2 Å². The van der Waals surface area contributed by atoms with Crippen LogP contribution in [-0.2, 0) is 0 Å². The van der Waals surface area contributed by atoms with Crippen molar-refractivity contribution in [1.29, 1.82) is 0 Å². The minimum absolute atomic E-state index is 0.0270. The maximum absolute atomic E-state index is 12.6. The first-order valence-electron chi connectivity index (χ1n) is 6.79. The molecule has 1 aliphatic rings. The Morgan fingerprint density at radius 1 is 1.30 bits per heavy atom. The fraction of sp³-hybridized carbons (Fsp3) is 0.467. The van der Waals surface area contributed by atoms with E-state index in [1.54, 1.807) is 0 Å². The van der Waals surface area contributed by atoms with E-state index in [0.717, 1.165) is 17.7 Å². The average molecular weight is 284 g/mol. The lowest BCUT2D eigenvalue weighted by molar-refractivity contribution is -0.0943. The summed E-state index contributed by atoms with van der Waals surface area (Å²) in [6, 6.07) is 7.60. The summed E-state index contributed by atoms with van der Waals surface area (Å²) in [5.41, 5.74) is 7.59. The van der Waals surface area contributed by atoms with E-state index < -0.39 is 11.7 Å². The standard InChI is InChI=1S/C15H19F3N2/c1-2-13(19)12-5-3-4-6-14(12)20-9-7-11(8-10-20)15(16,17)18/h3-7,13H,2,8-10,19H2,1H3/t13-/m1/s1. The summed E-state index contributed by atoms with van der Waals surface area (Å²) in [5, 5.41) is 0. The summed E-state index contributed by atoms with van der Waals surface area (Å²) in [5.74, 6) is 0. The Labute approximate surface area is 117 Å². The number of nitrogens with two attached hydrogens (primary N) is 1. The number of nitrogens with zero attached hydrogens (tertiary/aromatic N) is 1. The van der Waals surface area contributed by atoms with Gasteiger partial charge in [0.1, 0.15) is 0 Å². The minimum Gasteiger partial charge on any atom is -0.367 e. The highest BCUT2D eigenvalue weighted by atomic mass is 19.4. The van der Waals surface area contributed by atoms with Gasteiger partial charge in [0.25, 0.3) is 0 Å². The van der Waals surface area contributed by atoms with Crippen LogP contribution in [-0.4, -0.2) is 19.3 Å². The maximum Gasteiger partial charge on any atom is 0.412 e. The predicted molar refractivity (Wildman–Crippen MR) is 74.6 cm³/mol. The molecule has 1 heterocycles. The van der Waals surface area contributed by atoms with Gasteiger partial charge in [-0.05, 0) is 24.5 Å². The summed E-state index contributed by atoms with van der Waals surface area (Å²) in [6.45, 7) is 2.65. The second-order valence-electron chi connectivity index (χ2n) is 5.00. The van der Waals surface area contributed by atoms with Crippen LogP contribution in [0.2, 0.25) is 0 Å². The molecule has 0 saturated carbocycles. The molecule has 1 atom stereocenters. The van der Waals surface area contributed by atoms with Crippen LogP contribution in [0.25, 0.3) is 0 Å². The van der Waals surface area contributed by atoms with Crippen molar-refractivity contribution >= 4 is 5.69 Å². The van der Waals surface area contributed by atoms with E-state index in [-0.39, 0.29) is 19.0 Å². The Kier molecular flexibility index (Phi) is 4.38. The number of rotatable bonds is 3. The molecule has 5 heteroatoms. The molecule has 1 aromatic carbocycles. The first-order chi connectivity index (χ1) is 9.43. The van der Waals surface area contributed by atoms with Gasteiger partial charge in [0, 0.05) is 30.4 Å². The van der Waals surface area contributed by atoms with E-state index in [4.69, 9.17) is 5.73 Å². The number of benzene rings is 1. The molecule has 0 aromatic heterocycles. The van der Waals surface area contributed by atoms with Crippen molar-refractivity contribution in [3.05, 3.63) is 41.5 Å². The highest BCUT2D eigenvalue weighted by Crippen LogP contribution is 2.33. The molecule has 2 rings (SSSR count). The number of alkyl halides is 3. The minimum atomic E-state index is -4.20. The molecule has 0 saturated heterocycles. The molecule has 110 valence electrons. The Balaban J connectivity index is 2.21. The molecular weight excluding hydrogens is 265 g/mol. The molecule has 2 N–H and O–H groups in total. The normalized spacial score (nSPS) is 17.9. The van der Waals surface area contributed by atoms with Crippen LogP contribution in [0.5, 0.6) is 0 Å². The number of anilines is 1. The van der Waals surface area contributed by atoms with Crippen molar-refractivity contribution in [3.8, 4) is 0 Å². The van der Waals surface area contributed by atoms with Crippen molar-refractivity contribution in [3.63, 3.8) is 0 Å². The van der Waals surface area contributed by atoms with Crippen molar-refractivity contribution < 1.29 is 13.2 Å². The monoisotopic (exact) mass is 284 g/mol. The molecule has 0 amide bonds. The van der Waals surface area contributed by atoms with Crippen LogP contribution >= 0.6 is 0 Å². The number of hydrogen-bond donors (Lipinski definition) is 1. The summed E-state index contributed by atoms with van der Waals surface area (Å²) < 4.78 is 37.9. The Hall–Kier alpha value is -1.49. The molecule has 2 nitrogen and oxygen atoms in total. The summed E-state index contributed by atoms with van der Waals surface area (Å²) >= 11 is 0. The Morgan fingerprint density at radius 2 is 2.00 bits per heavy atom. The van der Waals surface area contributed by atoms with Gasteiger partial charge in [0.15, 0.2) is 0 Å². The smallest absolute Gasteiger partial charge is 0.367 e. The molecule has 0 radical (unpaired) electrons. The molecule has 0 unspecified atom stereocenters. The quantitative estimate of drug-likeness (QED) is 0.856. The van der Waals surface area contributed by atoms with Crippen molar-refractivity contribution in [1.82, 2.24) is 0 Å². The van der Waals surface area contributed by atoms with Gasteiger partial charge in [-0.25, -0.2) is 0 Å². The van der Waals surface area contributed by atoms with E-state index in [1.165, 1.54) is 6.08 Å². The second-order valence-corrected chi connectivity index (χ2v) is 5.00. The first kappa shape index (κ1) is 14.9. The van der Waals surface area contributed by atoms with Crippen LogP contribution in [0.4, 0.5) is 18.9 Å². The number of hydrogen-bond acceptors (Lipinski definition) is 2. The van der Waals surface area contributed by atoms with Crippen LogP contribution in [0.1, 0.15) is 31.4 Å². The zero-order chi connectivity index (χ0) is 14.8. The topological polar surface area (TPSA) is 29.3 Å². The van der Waals surface area contributed by atoms with Gasteiger partial charge in [-0.3, -0.25) is 0 Å². The maximum atomic E-state index is 12.6. The summed E-state index contributed by atoms with van der Waals surface area (Å²) in [7, 11) is 0. The number of halogens is 3. The lowest BCUT2D eigenvalue weighted by Gasteiger charge is -2.31.